The summed E-state index contributed by atoms with van der Waals surface area (Å²) in [5.74, 6) is 0. The molecule has 1 aliphatic heterocycles. The Morgan fingerprint density at radius 1 is 1.45 bits per heavy atom. The predicted molar refractivity (Wildman–Crippen MR) is 85.3 cm³/mol. The van der Waals surface area contributed by atoms with Gasteiger partial charge in [-0.05, 0) is 37.3 Å². The number of urea groups is 1. The highest BCUT2D eigenvalue weighted by Gasteiger charge is 2.25. The maximum Gasteiger partial charge on any atom is 0.321 e. The van der Waals surface area contributed by atoms with E-state index in [-0.39, 0.29) is 6.03 Å². The second-order valence-corrected chi connectivity index (χ2v) is 5.82. The molecule has 118 valence electrons. The van der Waals surface area contributed by atoms with Gasteiger partial charge in [-0.25, -0.2) is 4.79 Å². The minimum Gasteiger partial charge on any atom is -0.378 e. The van der Waals surface area contributed by atoms with Crippen molar-refractivity contribution in [2.45, 2.75) is 38.7 Å². The van der Waals surface area contributed by atoms with Gasteiger partial charge in [0, 0.05) is 25.9 Å². The minimum atomic E-state index is -0.0290. The molecule has 0 bridgehead atoms. The lowest BCUT2D eigenvalue weighted by atomic mass is 10.1. The van der Waals surface area contributed by atoms with Crippen LogP contribution in [0.5, 0.6) is 0 Å². The van der Waals surface area contributed by atoms with Crippen molar-refractivity contribution < 1.29 is 9.53 Å². The predicted octanol–water partition coefficient (Wildman–Crippen LogP) is 2.58. The van der Waals surface area contributed by atoms with Crippen LogP contribution in [-0.4, -0.2) is 41.7 Å². The zero-order chi connectivity index (χ0) is 15.4. The van der Waals surface area contributed by atoms with Crippen molar-refractivity contribution in [3.63, 3.8) is 0 Å². The summed E-state index contributed by atoms with van der Waals surface area (Å²) < 4.78 is 5.76. The van der Waals surface area contributed by atoms with Crippen molar-refractivity contribution >= 4 is 11.7 Å². The van der Waals surface area contributed by atoms with Crippen molar-refractivity contribution in [1.29, 1.82) is 0 Å². The maximum atomic E-state index is 12.4. The summed E-state index contributed by atoms with van der Waals surface area (Å²) in [6.07, 6.45) is 7.82. The van der Waals surface area contributed by atoms with Gasteiger partial charge in [-0.2, -0.15) is 0 Å². The Bertz CT molecular complexity index is 563. The van der Waals surface area contributed by atoms with Crippen molar-refractivity contribution in [2.75, 3.05) is 19.7 Å². The Kier molecular flexibility index (Phi) is 4.73. The van der Waals surface area contributed by atoms with Gasteiger partial charge >= 0.3 is 6.03 Å². The molecule has 0 saturated carbocycles. The van der Waals surface area contributed by atoms with Gasteiger partial charge in [-0.15, -0.1) is 0 Å². The van der Waals surface area contributed by atoms with Crippen LogP contribution in [0, 0.1) is 0 Å². The van der Waals surface area contributed by atoms with Gasteiger partial charge in [-0.1, -0.05) is 19.1 Å². The van der Waals surface area contributed by atoms with Crippen molar-refractivity contribution in [2.24, 2.45) is 0 Å². The van der Waals surface area contributed by atoms with Gasteiger partial charge in [0.1, 0.15) is 0 Å². The molecule has 2 aliphatic rings. The quantitative estimate of drug-likeness (QED) is 0.930. The zero-order valence-electron chi connectivity index (χ0n) is 13.0. The second kappa shape index (κ2) is 6.92. The van der Waals surface area contributed by atoms with Crippen molar-refractivity contribution in [1.82, 2.24) is 15.2 Å². The van der Waals surface area contributed by atoms with E-state index in [4.69, 9.17) is 4.74 Å². The van der Waals surface area contributed by atoms with E-state index in [2.05, 4.69) is 23.3 Å². The van der Waals surface area contributed by atoms with Crippen LogP contribution in [0.15, 0.2) is 24.4 Å². The number of piperidine rings is 1. The average molecular weight is 301 g/mol. The highest BCUT2D eigenvalue weighted by Crippen LogP contribution is 2.23. The van der Waals surface area contributed by atoms with E-state index >= 15 is 0 Å². The van der Waals surface area contributed by atoms with E-state index in [1.807, 2.05) is 17.0 Å². The molecule has 1 aromatic rings. The summed E-state index contributed by atoms with van der Waals surface area (Å²) in [4.78, 5) is 18.6. The fourth-order valence-corrected chi connectivity index (χ4v) is 2.97. The van der Waals surface area contributed by atoms with E-state index < -0.39 is 0 Å². The number of aromatic nitrogens is 1. The third-order valence-electron chi connectivity index (χ3n) is 4.20. The van der Waals surface area contributed by atoms with Gasteiger partial charge < -0.3 is 15.0 Å². The summed E-state index contributed by atoms with van der Waals surface area (Å²) in [5, 5.41) is 3.01. The minimum absolute atomic E-state index is 0.0290. The summed E-state index contributed by atoms with van der Waals surface area (Å²) in [7, 11) is 0. The number of amides is 2. The summed E-state index contributed by atoms with van der Waals surface area (Å²) in [6, 6.07) is 3.95. The van der Waals surface area contributed by atoms with Crippen LogP contribution in [0.1, 0.15) is 37.4 Å². The smallest absolute Gasteiger partial charge is 0.321 e. The lowest BCUT2D eigenvalue weighted by Crippen LogP contribution is -2.45. The van der Waals surface area contributed by atoms with E-state index in [9.17, 15) is 4.79 Å². The molecule has 1 fully saturated rings. The number of nitrogens with one attached hydrogen (secondary N) is 1. The molecule has 2 heterocycles. The van der Waals surface area contributed by atoms with Crippen LogP contribution in [0.3, 0.4) is 0 Å². The third kappa shape index (κ3) is 3.30. The van der Waals surface area contributed by atoms with Crippen molar-refractivity contribution in [3.8, 4) is 0 Å². The molecular weight excluding hydrogens is 278 g/mol. The Morgan fingerprint density at radius 2 is 2.27 bits per heavy atom. The normalized spacial score (nSPS) is 18.0. The molecule has 1 saturated heterocycles. The number of rotatable bonds is 4. The van der Waals surface area contributed by atoms with Gasteiger partial charge in [0.15, 0.2) is 0 Å². The highest BCUT2D eigenvalue weighted by atomic mass is 16.5. The van der Waals surface area contributed by atoms with Crippen LogP contribution < -0.4 is 5.32 Å². The zero-order valence-corrected chi connectivity index (χ0v) is 13.0. The molecule has 1 aromatic heterocycles. The summed E-state index contributed by atoms with van der Waals surface area (Å²) in [6.45, 7) is 4.43. The second-order valence-electron chi connectivity index (χ2n) is 5.82. The number of nitrogens with zero attached hydrogens (tertiary/aromatic N) is 2. The average Bonchev–Trinajstić information content (AvgIpc) is 2.96. The first-order valence-electron chi connectivity index (χ1n) is 8.10. The SMILES string of the molecule is CCCOC1CCN(C(=O)NC2=CCc3cccnc32)CC1. The molecule has 0 spiro atoms. The number of fused-ring (bicyclic) bond motifs is 1. The van der Waals surface area contributed by atoms with Crippen LogP contribution >= 0.6 is 0 Å². The number of carbonyl (C=O) groups is 1. The monoisotopic (exact) mass is 301 g/mol. The number of pyridine rings is 1. The number of likely N-dealkylation sites (tertiary alicyclic amines) is 1. The molecular formula is C17H23N3O2. The highest BCUT2D eigenvalue weighted by molar-refractivity contribution is 5.86. The first-order valence-corrected chi connectivity index (χ1v) is 8.10. The fourth-order valence-electron chi connectivity index (χ4n) is 2.97. The van der Waals surface area contributed by atoms with E-state index in [0.717, 1.165) is 56.8 Å². The van der Waals surface area contributed by atoms with Crippen LogP contribution in [-0.2, 0) is 11.2 Å². The fraction of sp³-hybridized carbons (Fsp3) is 0.529. The molecule has 3 rings (SSSR count). The number of carbonyl (C=O) groups excluding carboxylic acids is 1. The largest absolute Gasteiger partial charge is 0.378 e. The standard InChI is InChI=1S/C17H23N3O2/c1-2-12-22-14-7-10-20(11-8-14)17(21)19-15-6-5-13-4-3-9-18-16(13)15/h3-4,6,9,14H,2,5,7-8,10-12H2,1H3,(H,19,21). The first kappa shape index (κ1) is 15.0. The maximum absolute atomic E-state index is 12.4. The van der Waals surface area contributed by atoms with Crippen LogP contribution in [0.4, 0.5) is 4.79 Å². The third-order valence-corrected chi connectivity index (χ3v) is 4.20. The van der Waals surface area contributed by atoms with E-state index in [0.29, 0.717) is 6.10 Å². The Balaban J connectivity index is 1.52. The summed E-state index contributed by atoms with van der Waals surface area (Å²) >= 11 is 0. The van der Waals surface area contributed by atoms with E-state index in [1.54, 1.807) is 6.20 Å². The molecule has 5 heteroatoms. The topological polar surface area (TPSA) is 54.5 Å². The molecule has 0 unspecified atom stereocenters. The lowest BCUT2D eigenvalue weighted by molar-refractivity contribution is 0.0155. The summed E-state index contributed by atoms with van der Waals surface area (Å²) in [5.41, 5.74) is 2.91. The number of hydrogen-bond donors (Lipinski definition) is 1. The lowest BCUT2D eigenvalue weighted by Gasteiger charge is -2.32. The molecule has 1 aliphatic carbocycles. The van der Waals surface area contributed by atoms with Crippen LogP contribution in [0.25, 0.3) is 5.70 Å². The van der Waals surface area contributed by atoms with Crippen LogP contribution in [0.2, 0.25) is 0 Å². The van der Waals surface area contributed by atoms with Gasteiger partial charge in [0.25, 0.3) is 0 Å². The Hall–Kier alpha value is -1.88. The molecule has 5 nitrogen and oxygen atoms in total. The number of hydrogen-bond acceptors (Lipinski definition) is 3. The molecule has 2 amide bonds. The molecule has 0 aromatic carbocycles. The number of ether oxygens (including phenoxy) is 1. The first-order chi connectivity index (χ1) is 10.8. The van der Waals surface area contributed by atoms with E-state index in [1.165, 1.54) is 5.56 Å². The number of allylic oxidation sites excluding steroid dienone is 1. The van der Waals surface area contributed by atoms with Gasteiger partial charge in [0.2, 0.25) is 0 Å². The van der Waals surface area contributed by atoms with Crippen molar-refractivity contribution in [3.05, 3.63) is 35.7 Å². The molecule has 0 radical (unpaired) electrons. The Morgan fingerprint density at radius 3 is 3.05 bits per heavy atom. The van der Waals surface area contributed by atoms with Gasteiger partial charge in [-0.3, -0.25) is 4.98 Å². The van der Waals surface area contributed by atoms with Gasteiger partial charge in [0.05, 0.1) is 17.5 Å². The Labute approximate surface area is 131 Å². The molecule has 1 N–H and O–H groups in total. The molecule has 0 atom stereocenters. The molecule has 22 heavy (non-hydrogen) atoms.